The van der Waals surface area contributed by atoms with Crippen LogP contribution in [-0.4, -0.2) is 45.6 Å². The van der Waals surface area contributed by atoms with Gasteiger partial charge in [-0.2, -0.15) is 13.2 Å². The van der Waals surface area contributed by atoms with Crippen LogP contribution in [0.4, 0.5) is 13.2 Å². The van der Waals surface area contributed by atoms with Gasteiger partial charge in [0.05, 0.1) is 18.6 Å². The molecule has 228 valence electrons. The first kappa shape index (κ1) is 32.9. The van der Waals surface area contributed by atoms with Crippen LogP contribution in [0.5, 0.6) is 5.75 Å². The topological polar surface area (TPSA) is 54.0 Å². The molecule has 0 N–H and O–H groups in total. The Balaban J connectivity index is 1.47. The van der Waals surface area contributed by atoms with Gasteiger partial charge in [0.1, 0.15) is 5.75 Å². The number of ether oxygens (including phenoxy) is 3. The highest BCUT2D eigenvalue weighted by Gasteiger charge is 2.53. The Bertz CT molecular complexity index is 920. The van der Waals surface area contributed by atoms with E-state index in [1.54, 1.807) is 0 Å². The number of benzene rings is 1. The molecule has 2 aliphatic rings. The number of hydrogen-bond acceptors (Lipinski definition) is 5. The highest BCUT2D eigenvalue weighted by molar-refractivity contribution is 6.74. The van der Waals surface area contributed by atoms with E-state index in [0.717, 1.165) is 31.6 Å². The van der Waals surface area contributed by atoms with Crippen molar-refractivity contribution in [2.75, 3.05) is 6.61 Å². The molecule has 1 heterocycles. The van der Waals surface area contributed by atoms with E-state index in [4.69, 9.17) is 18.6 Å². The summed E-state index contributed by atoms with van der Waals surface area (Å²) in [5.41, 5.74) is 1.22. The molecule has 1 saturated carbocycles. The molecule has 0 radical (unpaired) electrons. The van der Waals surface area contributed by atoms with Crippen molar-refractivity contribution in [3.05, 3.63) is 29.8 Å². The zero-order valence-corrected chi connectivity index (χ0v) is 26.1. The fourth-order valence-electron chi connectivity index (χ4n) is 5.26. The van der Waals surface area contributed by atoms with Crippen molar-refractivity contribution >= 4 is 14.3 Å². The highest BCUT2D eigenvalue weighted by Crippen LogP contribution is 2.42. The lowest BCUT2D eigenvalue weighted by Gasteiger charge is -2.44. The quantitative estimate of drug-likeness (QED) is 0.147. The molecule has 1 saturated heterocycles. The lowest BCUT2D eigenvalue weighted by molar-refractivity contribution is -0.304. The van der Waals surface area contributed by atoms with E-state index in [1.165, 1.54) is 24.8 Å². The molecule has 0 aromatic heterocycles. The fourth-order valence-corrected chi connectivity index (χ4v) is 6.62. The third kappa shape index (κ3) is 9.21. The van der Waals surface area contributed by atoms with Gasteiger partial charge in [-0.15, -0.1) is 0 Å². The van der Waals surface area contributed by atoms with Crippen LogP contribution < -0.4 is 4.74 Å². The predicted molar refractivity (Wildman–Crippen MR) is 153 cm³/mol. The van der Waals surface area contributed by atoms with Gasteiger partial charge in [0, 0.05) is 6.42 Å². The maximum absolute atomic E-state index is 13.9. The zero-order valence-electron chi connectivity index (χ0n) is 25.1. The van der Waals surface area contributed by atoms with Crippen molar-refractivity contribution in [3.8, 4) is 5.75 Å². The van der Waals surface area contributed by atoms with E-state index in [1.807, 2.05) is 46.0 Å². The molecule has 0 amide bonds. The molecule has 3 rings (SSSR count). The van der Waals surface area contributed by atoms with Crippen molar-refractivity contribution in [1.82, 2.24) is 0 Å². The summed E-state index contributed by atoms with van der Waals surface area (Å²) < 4.78 is 64.6. The molecule has 1 aliphatic heterocycles. The third-order valence-corrected chi connectivity index (χ3v) is 13.3. The number of rotatable bonds is 11. The van der Waals surface area contributed by atoms with Crippen molar-refractivity contribution in [2.24, 2.45) is 5.92 Å². The number of carbonyl (C=O) groups is 1. The fraction of sp³-hybridized carbons (Fsp3) is 0.774. The Labute approximate surface area is 239 Å². The summed E-state index contributed by atoms with van der Waals surface area (Å²) in [7, 11) is -2.44. The van der Waals surface area contributed by atoms with Crippen molar-refractivity contribution in [3.63, 3.8) is 0 Å². The first-order valence-electron chi connectivity index (χ1n) is 15.0. The molecule has 1 aromatic carbocycles. The van der Waals surface area contributed by atoms with Gasteiger partial charge in [-0.25, -0.2) is 0 Å². The summed E-state index contributed by atoms with van der Waals surface area (Å²) in [6.07, 6.45) is -1.05. The minimum atomic E-state index is -4.61. The number of alkyl halides is 3. The molecule has 3 atom stereocenters. The van der Waals surface area contributed by atoms with Crippen LogP contribution in [-0.2, 0) is 18.7 Å². The van der Waals surface area contributed by atoms with E-state index >= 15 is 0 Å². The Kier molecular flexibility index (Phi) is 11.6. The number of unbranched alkanes of at least 4 members (excludes halogenated alkanes) is 3. The maximum atomic E-state index is 13.9. The van der Waals surface area contributed by atoms with Crippen molar-refractivity contribution in [2.45, 2.75) is 141 Å². The largest absolute Gasteiger partial charge is 0.494 e. The van der Waals surface area contributed by atoms with Crippen molar-refractivity contribution < 1.29 is 36.6 Å². The SMILES string of the molecule is CCCCCCOc1ccc(C2CCC(C(=O)O[C@@H]3CC[C@@H](O[Si](C)(C)C(C)(C)C)[C@H](C(F)(F)F)O3)CC2)cc1. The first-order valence-corrected chi connectivity index (χ1v) is 18.0. The molecule has 2 fully saturated rings. The molecular formula is C31H49F3O5Si. The Morgan fingerprint density at radius 1 is 0.950 bits per heavy atom. The Hall–Kier alpha value is -1.58. The van der Waals surface area contributed by atoms with E-state index in [0.29, 0.717) is 18.8 Å². The van der Waals surface area contributed by atoms with Crippen LogP contribution in [0.2, 0.25) is 18.1 Å². The number of hydrogen-bond donors (Lipinski definition) is 0. The number of esters is 1. The smallest absolute Gasteiger partial charge is 0.417 e. The summed E-state index contributed by atoms with van der Waals surface area (Å²) in [4.78, 5) is 12.9. The predicted octanol–water partition coefficient (Wildman–Crippen LogP) is 8.92. The molecule has 9 heteroatoms. The Morgan fingerprint density at radius 2 is 1.60 bits per heavy atom. The van der Waals surface area contributed by atoms with Crippen molar-refractivity contribution in [1.29, 1.82) is 0 Å². The van der Waals surface area contributed by atoms with Crippen LogP contribution in [0, 0.1) is 5.92 Å². The number of halogens is 3. The summed E-state index contributed by atoms with van der Waals surface area (Å²) in [5, 5.41) is -0.227. The summed E-state index contributed by atoms with van der Waals surface area (Å²) in [6.45, 7) is 12.8. The van der Waals surface area contributed by atoms with Crippen LogP contribution in [0.25, 0.3) is 0 Å². The molecule has 1 aromatic rings. The minimum absolute atomic E-state index is 0.139. The van der Waals surface area contributed by atoms with Gasteiger partial charge >= 0.3 is 12.1 Å². The summed E-state index contributed by atoms with van der Waals surface area (Å²) in [6, 6.07) is 8.21. The second kappa shape index (κ2) is 14.1. The van der Waals surface area contributed by atoms with Gasteiger partial charge in [0.2, 0.25) is 6.29 Å². The van der Waals surface area contributed by atoms with E-state index in [-0.39, 0.29) is 23.8 Å². The molecule has 0 bridgehead atoms. The average molecular weight is 587 g/mol. The summed E-state index contributed by atoms with van der Waals surface area (Å²) >= 11 is 0. The molecular weight excluding hydrogens is 537 g/mol. The highest BCUT2D eigenvalue weighted by atomic mass is 28.4. The van der Waals surface area contributed by atoms with Gasteiger partial charge in [-0.3, -0.25) is 4.79 Å². The standard InChI is InChI=1S/C31H49F3O5Si/c1-7-8-9-10-21-36-25-17-15-23(16-18-25)22-11-13-24(14-12-22)29(35)38-27-20-19-26(28(37-27)31(32,33)34)39-40(5,6)30(2,3)4/h15-18,22,24,26-28H,7-14,19-21H2,1-6H3/t22?,24?,26-,27-,28-/m1/s1. The molecule has 0 unspecified atom stereocenters. The second-order valence-corrected chi connectivity index (χ2v) is 17.7. The normalized spacial score (nSPS) is 26.4. The molecule has 40 heavy (non-hydrogen) atoms. The minimum Gasteiger partial charge on any atom is -0.494 e. The molecule has 1 aliphatic carbocycles. The zero-order chi connectivity index (χ0) is 29.6. The monoisotopic (exact) mass is 586 g/mol. The Morgan fingerprint density at radius 3 is 2.17 bits per heavy atom. The van der Waals surface area contributed by atoms with Gasteiger partial charge < -0.3 is 18.6 Å². The molecule has 0 spiro atoms. The van der Waals surface area contributed by atoms with Crippen LogP contribution >= 0.6 is 0 Å². The third-order valence-electron chi connectivity index (χ3n) is 8.82. The summed E-state index contributed by atoms with van der Waals surface area (Å²) in [5.74, 6) is 0.437. The van der Waals surface area contributed by atoms with E-state index < -0.39 is 39.0 Å². The average Bonchev–Trinajstić information content (AvgIpc) is 2.88. The van der Waals surface area contributed by atoms with Gasteiger partial charge in [-0.1, -0.05) is 59.1 Å². The van der Waals surface area contributed by atoms with Crippen LogP contribution in [0.1, 0.15) is 103 Å². The van der Waals surface area contributed by atoms with E-state index in [2.05, 4.69) is 19.1 Å². The van der Waals surface area contributed by atoms with Gasteiger partial charge in [0.25, 0.3) is 0 Å². The lowest BCUT2D eigenvalue weighted by Crippen LogP contribution is -2.55. The molecule has 5 nitrogen and oxygen atoms in total. The first-order chi connectivity index (χ1) is 18.7. The van der Waals surface area contributed by atoms with Crippen LogP contribution in [0.3, 0.4) is 0 Å². The van der Waals surface area contributed by atoms with Gasteiger partial charge in [-0.05, 0) is 80.3 Å². The number of carbonyl (C=O) groups excluding carboxylic acids is 1. The van der Waals surface area contributed by atoms with Crippen LogP contribution in [0.15, 0.2) is 24.3 Å². The second-order valence-electron chi connectivity index (χ2n) is 13.0. The maximum Gasteiger partial charge on any atom is 0.417 e. The van der Waals surface area contributed by atoms with Gasteiger partial charge in [0.15, 0.2) is 14.4 Å². The lowest BCUT2D eigenvalue weighted by atomic mass is 9.79. The van der Waals surface area contributed by atoms with E-state index in [9.17, 15) is 18.0 Å².